The van der Waals surface area contributed by atoms with E-state index in [1.54, 1.807) is 0 Å². The summed E-state index contributed by atoms with van der Waals surface area (Å²) in [6.45, 7) is 1.51. The first kappa shape index (κ1) is 12.3. The third kappa shape index (κ3) is 3.13. The molecule has 1 fully saturated rings. The average molecular weight is 256 g/mol. The van der Waals surface area contributed by atoms with E-state index in [0.29, 0.717) is 17.7 Å². The Morgan fingerprint density at radius 3 is 3.18 bits per heavy atom. The molecule has 0 unspecified atom stereocenters. The van der Waals surface area contributed by atoms with Crippen molar-refractivity contribution in [1.29, 1.82) is 0 Å². The smallest absolute Gasteiger partial charge is 0.217 e. The van der Waals surface area contributed by atoms with E-state index in [0.717, 1.165) is 25.3 Å². The van der Waals surface area contributed by atoms with Gasteiger partial charge in [0.05, 0.1) is 12.6 Å². The van der Waals surface area contributed by atoms with Crippen LogP contribution in [0.3, 0.4) is 0 Å². The summed E-state index contributed by atoms with van der Waals surface area (Å²) in [5.41, 5.74) is 5.12. The first-order chi connectivity index (χ1) is 8.16. The molecule has 1 aliphatic heterocycles. The predicted molar refractivity (Wildman–Crippen MR) is 63.9 cm³/mol. The number of hydrogen-bond acceptors (Lipinski definition) is 4. The van der Waals surface area contributed by atoms with Crippen molar-refractivity contribution < 1.29 is 9.53 Å². The fourth-order valence-electron chi connectivity index (χ4n) is 1.96. The number of nitrogens with zero attached hydrogens (tertiary/aromatic N) is 2. The quantitative estimate of drug-likeness (QED) is 0.753. The number of amides is 1. The maximum Gasteiger partial charge on any atom is 0.217 e. The lowest BCUT2D eigenvalue weighted by atomic mass is 10.2. The Morgan fingerprint density at radius 2 is 2.53 bits per heavy atom. The van der Waals surface area contributed by atoms with Crippen LogP contribution in [0.5, 0.6) is 0 Å². The summed E-state index contributed by atoms with van der Waals surface area (Å²) in [4.78, 5) is 10.8. The van der Waals surface area contributed by atoms with E-state index in [1.807, 2.05) is 4.57 Å². The number of primary amides is 1. The minimum Gasteiger partial charge on any atom is -0.376 e. The van der Waals surface area contributed by atoms with Gasteiger partial charge in [-0.2, -0.15) is 5.10 Å². The van der Waals surface area contributed by atoms with Gasteiger partial charge in [0.1, 0.15) is 5.82 Å². The number of rotatable bonds is 5. The lowest BCUT2D eigenvalue weighted by Crippen LogP contribution is -2.18. The highest BCUT2D eigenvalue weighted by molar-refractivity contribution is 7.71. The Hall–Kier alpha value is -1.21. The molecule has 1 aliphatic rings. The number of carbonyl (C=O) groups is 1. The van der Waals surface area contributed by atoms with E-state index in [1.165, 1.54) is 0 Å². The minimum atomic E-state index is -0.331. The SMILES string of the molecule is NC(=O)CCc1n[nH]c(=S)n1C[C@@H]1CCCO1. The molecule has 1 aromatic heterocycles. The van der Waals surface area contributed by atoms with Crippen LogP contribution in [0.15, 0.2) is 0 Å². The highest BCUT2D eigenvalue weighted by Crippen LogP contribution is 2.15. The van der Waals surface area contributed by atoms with Gasteiger partial charge in [-0.05, 0) is 25.1 Å². The number of aromatic amines is 1. The van der Waals surface area contributed by atoms with Crippen LogP contribution in [0.2, 0.25) is 0 Å². The van der Waals surface area contributed by atoms with Gasteiger partial charge in [0.2, 0.25) is 5.91 Å². The lowest BCUT2D eigenvalue weighted by Gasteiger charge is -2.11. The second kappa shape index (κ2) is 5.42. The van der Waals surface area contributed by atoms with E-state index in [2.05, 4.69) is 10.2 Å². The molecule has 0 saturated carbocycles. The molecular weight excluding hydrogens is 240 g/mol. The van der Waals surface area contributed by atoms with Crippen LogP contribution in [0.1, 0.15) is 25.1 Å². The highest BCUT2D eigenvalue weighted by Gasteiger charge is 2.18. The standard InChI is InChI=1S/C10H16N4O2S/c11-8(15)3-4-9-12-13-10(17)14(9)6-7-2-1-5-16-7/h7H,1-6H2,(H2,11,15)(H,13,17)/t7-/m0/s1. The van der Waals surface area contributed by atoms with Crippen molar-refractivity contribution in [2.45, 2.75) is 38.3 Å². The Labute approximate surface area is 104 Å². The van der Waals surface area contributed by atoms with Gasteiger partial charge in [0, 0.05) is 19.4 Å². The second-order valence-electron chi connectivity index (χ2n) is 4.16. The molecule has 17 heavy (non-hydrogen) atoms. The number of aromatic nitrogens is 3. The number of ether oxygens (including phenoxy) is 1. The maximum absolute atomic E-state index is 10.8. The normalized spacial score (nSPS) is 19.6. The summed E-state index contributed by atoms with van der Waals surface area (Å²) in [5, 5.41) is 6.86. The van der Waals surface area contributed by atoms with Crippen molar-refractivity contribution in [3.05, 3.63) is 10.6 Å². The molecule has 7 heteroatoms. The minimum absolute atomic E-state index is 0.201. The van der Waals surface area contributed by atoms with Gasteiger partial charge in [-0.15, -0.1) is 0 Å². The largest absolute Gasteiger partial charge is 0.376 e. The molecule has 0 aliphatic carbocycles. The van der Waals surface area contributed by atoms with Crippen molar-refractivity contribution in [3.63, 3.8) is 0 Å². The summed E-state index contributed by atoms with van der Waals surface area (Å²) in [6, 6.07) is 0. The molecule has 3 N–H and O–H groups in total. The summed E-state index contributed by atoms with van der Waals surface area (Å²) >= 11 is 5.16. The molecule has 2 rings (SSSR count). The second-order valence-corrected chi connectivity index (χ2v) is 4.54. The molecule has 94 valence electrons. The van der Waals surface area contributed by atoms with Gasteiger partial charge in [-0.25, -0.2) is 0 Å². The number of H-pyrrole nitrogens is 1. The van der Waals surface area contributed by atoms with Crippen LogP contribution < -0.4 is 5.73 Å². The Morgan fingerprint density at radius 1 is 1.71 bits per heavy atom. The van der Waals surface area contributed by atoms with Crippen LogP contribution in [0.4, 0.5) is 0 Å². The van der Waals surface area contributed by atoms with Gasteiger partial charge in [-0.1, -0.05) is 0 Å². The zero-order valence-electron chi connectivity index (χ0n) is 9.52. The summed E-state index contributed by atoms with van der Waals surface area (Å²) in [7, 11) is 0. The van der Waals surface area contributed by atoms with Crippen LogP contribution in [-0.2, 0) is 22.5 Å². The third-order valence-corrected chi connectivity index (χ3v) is 3.15. The Bertz CT molecular complexity index is 447. The van der Waals surface area contributed by atoms with E-state index < -0.39 is 0 Å². The first-order valence-electron chi connectivity index (χ1n) is 5.71. The van der Waals surface area contributed by atoms with E-state index >= 15 is 0 Å². The molecule has 6 nitrogen and oxygen atoms in total. The molecule has 1 aromatic rings. The van der Waals surface area contributed by atoms with Gasteiger partial charge >= 0.3 is 0 Å². The number of nitrogens with two attached hydrogens (primary N) is 1. The molecule has 0 radical (unpaired) electrons. The molecule has 0 bridgehead atoms. The monoisotopic (exact) mass is 256 g/mol. The fraction of sp³-hybridized carbons (Fsp3) is 0.700. The average Bonchev–Trinajstić information content (AvgIpc) is 2.89. The Kier molecular flexibility index (Phi) is 3.90. The van der Waals surface area contributed by atoms with Crippen molar-refractivity contribution in [3.8, 4) is 0 Å². The van der Waals surface area contributed by atoms with Gasteiger partial charge < -0.3 is 15.0 Å². The van der Waals surface area contributed by atoms with Crippen LogP contribution in [-0.4, -0.2) is 33.4 Å². The fourth-order valence-corrected chi connectivity index (χ4v) is 2.18. The molecule has 1 atom stereocenters. The van der Waals surface area contributed by atoms with Crippen molar-refractivity contribution in [2.24, 2.45) is 5.73 Å². The Balaban J connectivity index is 2.05. The van der Waals surface area contributed by atoms with Crippen molar-refractivity contribution in [2.75, 3.05) is 6.61 Å². The van der Waals surface area contributed by atoms with Gasteiger partial charge in [0.25, 0.3) is 0 Å². The lowest BCUT2D eigenvalue weighted by molar-refractivity contribution is -0.118. The zero-order valence-corrected chi connectivity index (χ0v) is 10.3. The predicted octanol–water partition coefficient (Wildman–Crippen LogP) is 0.538. The van der Waals surface area contributed by atoms with Crippen molar-refractivity contribution in [1.82, 2.24) is 14.8 Å². The van der Waals surface area contributed by atoms with Gasteiger partial charge in [-0.3, -0.25) is 9.89 Å². The van der Waals surface area contributed by atoms with Gasteiger partial charge in [0.15, 0.2) is 4.77 Å². The summed E-state index contributed by atoms with van der Waals surface area (Å²) in [6.07, 6.45) is 3.13. The van der Waals surface area contributed by atoms with E-state index in [-0.39, 0.29) is 18.4 Å². The topological polar surface area (TPSA) is 85.9 Å². The molecule has 0 aromatic carbocycles. The molecular formula is C10H16N4O2S. The van der Waals surface area contributed by atoms with E-state index in [9.17, 15) is 4.79 Å². The molecule has 1 saturated heterocycles. The van der Waals surface area contributed by atoms with Crippen LogP contribution >= 0.6 is 12.2 Å². The number of carbonyl (C=O) groups excluding carboxylic acids is 1. The number of aryl methyl sites for hydroxylation is 1. The number of nitrogens with one attached hydrogen (secondary N) is 1. The zero-order chi connectivity index (χ0) is 12.3. The number of hydrogen-bond donors (Lipinski definition) is 2. The van der Waals surface area contributed by atoms with Crippen LogP contribution in [0.25, 0.3) is 0 Å². The molecule has 0 spiro atoms. The third-order valence-electron chi connectivity index (χ3n) is 2.84. The van der Waals surface area contributed by atoms with Crippen LogP contribution in [0, 0.1) is 4.77 Å². The highest BCUT2D eigenvalue weighted by atomic mass is 32.1. The maximum atomic E-state index is 10.8. The summed E-state index contributed by atoms with van der Waals surface area (Å²) < 4.78 is 8.03. The summed E-state index contributed by atoms with van der Waals surface area (Å²) in [5.74, 6) is 0.437. The molecule has 1 amide bonds. The first-order valence-corrected chi connectivity index (χ1v) is 6.11. The van der Waals surface area contributed by atoms with Crippen molar-refractivity contribution >= 4 is 18.1 Å². The van der Waals surface area contributed by atoms with E-state index in [4.69, 9.17) is 22.7 Å². The molecule has 2 heterocycles.